The molecule has 2 nitrogen and oxygen atoms in total. The molecule has 5 heteroatoms. The van der Waals surface area contributed by atoms with Gasteiger partial charge >= 0.3 is 0 Å². The fourth-order valence-electron chi connectivity index (χ4n) is 5.70. The highest BCUT2D eigenvalue weighted by Crippen LogP contribution is 2.64. The molecule has 24 heavy (non-hydrogen) atoms. The van der Waals surface area contributed by atoms with Gasteiger partial charge < -0.3 is 5.32 Å². The van der Waals surface area contributed by atoms with Gasteiger partial charge in [0.2, 0.25) is 5.91 Å². The highest BCUT2D eigenvalue weighted by Gasteiger charge is 2.59. The first-order valence-electron chi connectivity index (χ1n) is 8.73. The third-order valence-corrected chi connectivity index (χ3v) is 7.18. The van der Waals surface area contributed by atoms with E-state index < -0.39 is 17.7 Å². The molecule has 1 amide bonds. The van der Waals surface area contributed by atoms with Crippen LogP contribution < -0.4 is 5.32 Å². The van der Waals surface area contributed by atoms with Crippen molar-refractivity contribution in [3.05, 3.63) is 35.4 Å². The number of nitrogens with one attached hydrogen (secondary N) is 1. The van der Waals surface area contributed by atoms with Crippen LogP contribution in [0.2, 0.25) is 0 Å². The summed E-state index contributed by atoms with van der Waals surface area (Å²) < 4.78 is 27.2. The highest BCUT2D eigenvalue weighted by molar-refractivity contribution is 9.10. The minimum Gasteiger partial charge on any atom is -0.349 e. The molecule has 0 spiro atoms. The summed E-state index contributed by atoms with van der Waals surface area (Å²) in [7, 11) is 0. The summed E-state index contributed by atoms with van der Waals surface area (Å²) in [5.41, 5.74) is 0.0151. The lowest BCUT2D eigenvalue weighted by Crippen LogP contribution is -2.58. The maximum absolute atomic E-state index is 14.0. The van der Waals surface area contributed by atoms with Gasteiger partial charge in [0.15, 0.2) is 0 Å². The second kappa shape index (κ2) is 5.52. The second-order valence-corrected chi connectivity index (χ2v) is 9.94. The third-order valence-electron chi connectivity index (χ3n) is 6.25. The predicted molar refractivity (Wildman–Crippen MR) is 91.7 cm³/mol. The van der Waals surface area contributed by atoms with Crippen molar-refractivity contribution >= 4 is 21.8 Å². The van der Waals surface area contributed by atoms with Crippen LogP contribution in [-0.2, 0) is 4.79 Å². The lowest BCUT2D eigenvalue weighted by atomic mass is 9.49. The van der Waals surface area contributed by atoms with Crippen molar-refractivity contribution < 1.29 is 13.6 Å². The molecule has 4 saturated carbocycles. The summed E-state index contributed by atoms with van der Waals surface area (Å²) in [6.45, 7) is 1.76. The van der Waals surface area contributed by atoms with Crippen LogP contribution in [0.3, 0.4) is 0 Å². The lowest BCUT2D eigenvalue weighted by Gasteiger charge is -2.59. The van der Waals surface area contributed by atoms with Crippen molar-refractivity contribution in [3.63, 3.8) is 0 Å². The van der Waals surface area contributed by atoms with E-state index >= 15 is 0 Å². The first kappa shape index (κ1) is 16.5. The lowest BCUT2D eigenvalue weighted by molar-refractivity contribution is -0.144. The van der Waals surface area contributed by atoms with Crippen LogP contribution in [0.15, 0.2) is 18.2 Å². The number of hydrogen-bond donors (Lipinski definition) is 1. The molecule has 1 aromatic carbocycles. The average molecular weight is 398 g/mol. The zero-order valence-electron chi connectivity index (χ0n) is 13.7. The van der Waals surface area contributed by atoms with E-state index in [1.165, 1.54) is 31.4 Å². The number of halogens is 3. The summed E-state index contributed by atoms with van der Waals surface area (Å²) in [6.07, 6.45) is 6.34. The van der Waals surface area contributed by atoms with E-state index in [1.807, 2.05) is 0 Å². The zero-order valence-corrected chi connectivity index (χ0v) is 15.3. The van der Waals surface area contributed by atoms with Crippen molar-refractivity contribution in [1.29, 1.82) is 0 Å². The molecule has 5 rings (SSSR count). The van der Waals surface area contributed by atoms with E-state index in [-0.39, 0.29) is 15.6 Å². The van der Waals surface area contributed by atoms with Crippen LogP contribution >= 0.6 is 15.9 Å². The van der Waals surface area contributed by atoms with Gasteiger partial charge in [-0.3, -0.25) is 4.79 Å². The summed E-state index contributed by atoms with van der Waals surface area (Å²) >= 11 is 3.91. The summed E-state index contributed by atoms with van der Waals surface area (Å²) in [4.78, 5) is 13.1. The molecule has 130 valence electrons. The quantitative estimate of drug-likeness (QED) is 0.723. The Hall–Kier alpha value is -0.970. The number of carbonyl (C=O) groups excluding carboxylic acids is 1. The van der Waals surface area contributed by atoms with Crippen LogP contribution in [0, 0.1) is 28.9 Å². The molecule has 4 bridgehead atoms. The van der Waals surface area contributed by atoms with E-state index in [4.69, 9.17) is 0 Å². The Morgan fingerprint density at radius 3 is 2.50 bits per heavy atom. The molecule has 4 fully saturated rings. The minimum atomic E-state index is -0.606. The van der Waals surface area contributed by atoms with Crippen LogP contribution in [0.25, 0.3) is 0 Å². The number of amides is 1. The van der Waals surface area contributed by atoms with Crippen molar-refractivity contribution in [1.82, 2.24) is 5.32 Å². The number of carbonyl (C=O) groups is 1. The second-order valence-electron chi connectivity index (χ2n) is 8.25. The van der Waals surface area contributed by atoms with Crippen molar-refractivity contribution in [2.45, 2.75) is 55.8 Å². The first-order valence-corrected chi connectivity index (χ1v) is 9.53. The number of alkyl halides is 1. The van der Waals surface area contributed by atoms with Gasteiger partial charge in [-0.15, -0.1) is 0 Å². The monoisotopic (exact) mass is 397 g/mol. The van der Waals surface area contributed by atoms with E-state index in [2.05, 4.69) is 21.2 Å². The van der Waals surface area contributed by atoms with Gasteiger partial charge in [0.1, 0.15) is 11.6 Å². The Kier molecular flexibility index (Phi) is 3.79. The average Bonchev–Trinajstić information content (AvgIpc) is 2.44. The molecule has 1 N–H and O–H groups in total. The van der Waals surface area contributed by atoms with E-state index in [0.29, 0.717) is 17.4 Å². The molecule has 0 aromatic heterocycles. The van der Waals surface area contributed by atoms with E-state index in [1.54, 1.807) is 6.92 Å². The van der Waals surface area contributed by atoms with Gasteiger partial charge in [0.05, 0.1) is 11.5 Å². The SMILES string of the molecule is C[C@@H](NC(=O)C12C[C@@H]3C[C@@H](CC(Br)(C3)C1)C2)c1ccc(F)cc1F. The van der Waals surface area contributed by atoms with E-state index in [0.717, 1.165) is 25.3 Å². The number of benzene rings is 1. The molecule has 0 heterocycles. The molecule has 5 atom stereocenters. The molecular formula is C19H22BrF2NO. The molecule has 0 aliphatic heterocycles. The number of rotatable bonds is 3. The normalized spacial score (nSPS) is 38.2. The Morgan fingerprint density at radius 2 is 1.92 bits per heavy atom. The topological polar surface area (TPSA) is 29.1 Å². The molecule has 2 unspecified atom stereocenters. The largest absolute Gasteiger partial charge is 0.349 e. The van der Waals surface area contributed by atoms with Gasteiger partial charge in [0.25, 0.3) is 0 Å². The van der Waals surface area contributed by atoms with Crippen LogP contribution in [-0.4, -0.2) is 10.2 Å². The van der Waals surface area contributed by atoms with Crippen molar-refractivity contribution in [2.75, 3.05) is 0 Å². The van der Waals surface area contributed by atoms with Gasteiger partial charge in [-0.05, 0) is 63.4 Å². The Morgan fingerprint density at radius 1 is 1.25 bits per heavy atom. The third kappa shape index (κ3) is 2.69. The van der Waals surface area contributed by atoms with Gasteiger partial charge in [0, 0.05) is 16.0 Å². The smallest absolute Gasteiger partial charge is 0.226 e. The standard InChI is InChI=1S/C19H22BrF2NO/c1-11(15-3-2-14(21)5-16(15)22)23-17(24)18-6-12-4-13(7-18)9-19(20,8-12)10-18/h2-3,5,11-13H,4,6-10H2,1H3,(H,23,24)/t11-,12-,13+,18?,19?/m1/s1. The molecule has 1 aromatic rings. The number of hydrogen-bond acceptors (Lipinski definition) is 1. The van der Waals surface area contributed by atoms with Crippen molar-refractivity contribution in [3.8, 4) is 0 Å². The van der Waals surface area contributed by atoms with Gasteiger partial charge in [-0.25, -0.2) is 8.78 Å². The molecule has 0 saturated heterocycles. The van der Waals surface area contributed by atoms with Gasteiger partial charge in [-0.1, -0.05) is 22.0 Å². The van der Waals surface area contributed by atoms with Crippen LogP contribution in [0.1, 0.15) is 57.1 Å². The van der Waals surface area contributed by atoms with Gasteiger partial charge in [-0.2, -0.15) is 0 Å². The van der Waals surface area contributed by atoms with Crippen LogP contribution in [0.4, 0.5) is 8.78 Å². The highest BCUT2D eigenvalue weighted by atomic mass is 79.9. The fourth-order valence-corrected chi connectivity index (χ4v) is 7.15. The molecule has 0 radical (unpaired) electrons. The molecule has 4 aliphatic rings. The van der Waals surface area contributed by atoms with E-state index in [9.17, 15) is 13.6 Å². The maximum Gasteiger partial charge on any atom is 0.226 e. The molecule has 4 aliphatic carbocycles. The Labute approximate surface area is 149 Å². The fraction of sp³-hybridized carbons (Fsp3) is 0.632. The predicted octanol–water partition coefficient (Wildman–Crippen LogP) is 4.88. The summed E-state index contributed by atoms with van der Waals surface area (Å²) in [5, 5.41) is 3.01. The Bertz CT molecular complexity index is 678. The summed E-state index contributed by atoms with van der Waals surface area (Å²) in [5.74, 6) is 0.0718. The maximum atomic E-state index is 14.0. The first-order chi connectivity index (χ1) is 11.3. The minimum absolute atomic E-state index is 0.0386. The zero-order chi connectivity index (χ0) is 17.1. The Balaban J connectivity index is 1.54. The molecular weight excluding hydrogens is 376 g/mol. The summed E-state index contributed by atoms with van der Waals surface area (Å²) in [6, 6.07) is 3.06. The van der Waals surface area contributed by atoms with Crippen LogP contribution in [0.5, 0.6) is 0 Å². The van der Waals surface area contributed by atoms with Crippen molar-refractivity contribution in [2.24, 2.45) is 17.3 Å².